The Labute approximate surface area is 139 Å². The van der Waals surface area contributed by atoms with Crippen LogP contribution >= 0.6 is 10.8 Å². The summed E-state index contributed by atoms with van der Waals surface area (Å²) < 4.78 is 20.8. The number of halogens is 1. The number of para-hydroxylation sites is 2. The Morgan fingerprint density at radius 3 is 2.58 bits per heavy atom. The van der Waals surface area contributed by atoms with Gasteiger partial charge in [-0.15, -0.1) is 10.2 Å². The average molecular weight is 340 g/mol. The molecule has 0 aliphatic carbocycles. The standard InChI is InChI=1S/C17H13FN4OS/c1-24(2)23-17-16-21-20-15(11-7-9-12(18)10-8-11)22(16)14-6-4-3-5-13(14)19-17/h3-10H,1H2,2H3. The highest BCUT2D eigenvalue weighted by molar-refractivity contribution is 8.09. The van der Waals surface area contributed by atoms with E-state index in [-0.39, 0.29) is 5.82 Å². The van der Waals surface area contributed by atoms with Gasteiger partial charge in [-0.3, -0.25) is 4.40 Å². The van der Waals surface area contributed by atoms with Gasteiger partial charge < -0.3 is 4.18 Å². The van der Waals surface area contributed by atoms with Gasteiger partial charge in [-0.2, -0.15) is 0 Å². The van der Waals surface area contributed by atoms with Crippen molar-refractivity contribution >= 4 is 33.3 Å². The monoisotopic (exact) mass is 340 g/mol. The number of benzene rings is 2. The molecule has 2 aromatic heterocycles. The third-order valence-corrected chi connectivity index (χ3v) is 3.96. The van der Waals surface area contributed by atoms with Crippen LogP contribution in [0.25, 0.3) is 28.1 Å². The van der Waals surface area contributed by atoms with Gasteiger partial charge in [0.05, 0.1) is 11.0 Å². The fourth-order valence-corrected chi connectivity index (χ4v) is 2.92. The Kier molecular flexibility index (Phi) is 3.50. The van der Waals surface area contributed by atoms with Crippen LogP contribution in [-0.2, 0) is 0 Å². The van der Waals surface area contributed by atoms with Gasteiger partial charge in [-0.05, 0) is 53.0 Å². The third kappa shape index (κ3) is 2.43. The van der Waals surface area contributed by atoms with Crippen LogP contribution in [0.5, 0.6) is 5.88 Å². The molecule has 0 fully saturated rings. The number of hydrogen-bond acceptors (Lipinski definition) is 4. The molecule has 0 aliphatic rings. The first-order chi connectivity index (χ1) is 11.6. The maximum absolute atomic E-state index is 13.2. The Bertz CT molecular complexity index is 1080. The Morgan fingerprint density at radius 1 is 1.08 bits per heavy atom. The summed E-state index contributed by atoms with van der Waals surface area (Å²) in [5.41, 5.74) is 2.88. The Balaban J connectivity index is 2.07. The summed E-state index contributed by atoms with van der Waals surface area (Å²) in [6.07, 6.45) is 1.85. The van der Waals surface area contributed by atoms with Gasteiger partial charge in [0.1, 0.15) is 5.82 Å². The maximum atomic E-state index is 13.2. The zero-order valence-corrected chi connectivity index (χ0v) is 13.6. The second-order valence-electron chi connectivity index (χ2n) is 5.25. The second kappa shape index (κ2) is 5.68. The van der Waals surface area contributed by atoms with E-state index in [0.717, 1.165) is 16.6 Å². The summed E-state index contributed by atoms with van der Waals surface area (Å²) in [4.78, 5) is 4.53. The molecule has 1 unspecified atom stereocenters. The van der Waals surface area contributed by atoms with Gasteiger partial charge in [0.15, 0.2) is 5.82 Å². The molecule has 0 aliphatic heterocycles. The highest BCUT2D eigenvalue weighted by Gasteiger charge is 2.17. The normalized spacial score (nSPS) is 12.6. The van der Waals surface area contributed by atoms with Crippen molar-refractivity contribution < 1.29 is 8.57 Å². The summed E-state index contributed by atoms with van der Waals surface area (Å²) in [5, 5.41) is 8.50. The average Bonchev–Trinajstić information content (AvgIpc) is 3.01. The maximum Gasteiger partial charge on any atom is 0.273 e. The van der Waals surface area contributed by atoms with E-state index in [0.29, 0.717) is 17.4 Å². The topological polar surface area (TPSA) is 52.3 Å². The van der Waals surface area contributed by atoms with E-state index < -0.39 is 10.8 Å². The van der Waals surface area contributed by atoms with Crippen molar-refractivity contribution in [3.63, 3.8) is 0 Å². The quantitative estimate of drug-likeness (QED) is 0.534. The largest absolute Gasteiger partial charge is 0.411 e. The van der Waals surface area contributed by atoms with Crippen LogP contribution in [0, 0.1) is 5.82 Å². The first-order valence-electron chi connectivity index (χ1n) is 7.17. The van der Waals surface area contributed by atoms with E-state index in [1.165, 1.54) is 12.1 Å². The number of hydrogen-bond donors (Lipinski definition) is 0. The van der Waals surface area contributed by atoms with E-state index in [9.17, 15) is 4.39 Å². The van der Waals surface area contributed by atoms with Crippen LogP contribution in [0.15, 0.2) is 48.5 Å². The minimum absolute atomic E-state index is 0.296. The van der Waals surface area contributed by atoms with Crippen LogP contribution < -0.4 is 4.18 Å². The second-order valence-corrected chi connectivity index (χ2v) is 6.56. The van der Waals surface area contributed by atoms with E-state index in [1.807, 2.05) is 34.9 Å². The fourth-order valence-electron chi connectivity index (χ4n) is 2.53. The molecule has 120 valence electrons. The van der Waals surface area contributed by atoms with Crippen molar-refractivity contribution in [2.75, 3.05) is 6.26 Å². The predicted molar refractivity (Wildman–Crippen MR) is 94.9 cm³/mol. The number of nitrogens with zero attached hydrogens (tertiary/aromatic N) is 4. The van der Waals surface area contributed by atoms with Crippen LogP contribution in [0.2, 0.25) is 0 Å². The summed E-state index contributed by atoms with van der Waals surface area (Å²) in [6.45, 7) is 0. The van der Waals surface area contributed by atoms with Crippen LogP contribution in [0.3, 0.4) is 0 Å². The van der Waals surface area contributed by atoms with Crippen molar-refractivity contribution in [1.29, 1.82) is 0 Å². The molecule has 0 saturated carbocycles. The van der Waals surface area contributed by atoms with Gasteiger partial charge in [0, 0.05) is 11.8 Å². The summed E-state index contributed by atoms with van der Waals surface area (Å²) in [5.74, 6) is 4.56. The molecule has 1 atom stereocenters. The van der Waals surface area contributed by atoms with Crippen LogP contribution in [-0.4, -0.2) is 31.7 Å². The molecule has 2 heterocycles. The minimum Gasteiger partial charge on any atom is -0.411 e. The molecule has 4 rings (SSSR count). The molecule has 2 aromatic carbocycles. The molecule has 0 spiro atoms. The fraction of sp³-hybridized carbons (Fsp3) is 0.0588. The Hall–Kier alpha value is -2.80. The van der Waals surface area contributed by atoms with Crippen molar-refractivity contribution in [1.82, 2.24) is 19.6 Å². The van der Waals surface area contributed by atoms with Crippen LogP contribution in [0.4, 0.5) is 4.39 Å². The van der Waals surface area contributed by atoms with Crippen LogP contribution in [0.1, 0.15) is 0 Å². The zero-order chi connectivity index (χ0) is 16.7. The smallest absolute Gasteiger partial charge is 0.273 e. The summed E-state index contributed by atoms with van der Waals surface area (Å²) in [6, 6.07) is 13.8. The highest BCUT2D eigenvalue weighted by atomic mass is 32.2. The molecule has 7 heteroatoms. The number of fused-ring (bicyclic) bond motifs is 3. The molecule has 0 bridgehead atoms. The molecule has 5 nitrogen and oxygen atoms in total. The first-order valence-corrected chi connectivity index (χ1v) is 8.90. The van der Waals surface area contributed by atoms with Crippen molar-refractivity contribution in [3.8, 4) is 17.3 Å². The lowest BCUT2D eigenvalue weighted by Gasteiger charge is -2.09. The van der Waals surface area contributed by atoms with Gasteiger partial charge in [-0.1, -0.05) is 12.1 Å². The lowest BCUT2D eigenvalue weighted by atomic mass is 10.2. The SMILES string of the molecule is C=S(C)Oc1nc2ccccc2n2c(-c3ccc(F)cc3)nnc12. The molecule has 0 saturated heterocycles. The molecule has 0 amide bonds. The van der Waals surface area contributed by atoms with Gasteiger partial charge in [-0.25, -0.2) is 9.37 Å². The molecular formula is C17H13FN4OS. The number of aromatic nitrogens is 4. The molecule has 0 radical (unpaired) electrons. The molecular weight excluding hydrogens is 327 g/mol. The zero-order valence-electron chi connectivity index (χ0n) is 12.8. The van der Waals surface area contributed by atoms with E-state index in [2.05, 4.69) is 21.1 Å². The van der Waals surface area contributed by atoms with Crippen molar-refractivity contribution in [3.05, 3.63) is 54.3 Å². The van der Waals surface area contributed by atoms with Gasteiger partial charge >= 0.3 is 0 Å². The van der Waals surface area contributed by atoms with E-state index >= 15 is 0 Å². The van der Waals surface area contributed by atoms with Gasteiger partial charge in [0.25, 0.3) is 5.88 Å². The summed E-state index contributed by atoms with van der Waals surface area (Å²) >= 11 is 0. The third-order valence-electron chi connectivity index (χ3n) is 3.52. The molecule has 24 heavy (non-hydrogen) atoms. The number of rotatable bonds is 3. The van der Waals surface area contributed by atoms with E-state index in [1.54, 1.807) is 12.1 Å². The highest BCUT2D eigenvalue weighted by Crippen LogP contribution is 2.29. The molecule has 0 N–H and O–H groups in total. The van der Waals surface area contributed by atoms with E-state index in [4.69, 9.17) is 4.18 Å². The van der Waals surface area contributed by atoms with Crippen molar-refractivity contribution in [2.45, 2.75) is 0 Å². The van der Waals surface area contributed by atoms with Gasteiger partial charge in [0.2, 0.25) is 5.65 Å². The molecule has 4 aromatic rings. The Morgan fingerprint density at radius 2 is 1.83 bits per heavy atom. The summed E-state index contributed by atoms with van der Waals surface area (Å²) in [7, 11) is -0.547. The lowest BCUT2D eigenvalue weighted by molar-refractivity contribution is 0.623. The minimum atomic E-state index is -0.547. The predicted octanol–water partition coefficient (Wildman–Crippen LogP) is 3.71. The van der Waals surface area contributed by atoms with Crippen molar-refractivity contribution in [2.24, 2.45) is 0 Å². The lowest BCUT2D eigenvalue weighted by Crippen LogP contribution is -1.98. The first kappa shape index (κ1) is 14.8.